The lowest BCUT2D eigenvalue weighted by Crippen LogP contribution is -2.34. The first-order valence-electron chi connectivity index (χ1n) is 6.23. The minimum atomic E-state index is -0.796. The Morgan fingerprint density at radius 1 is 1.19 bits per heavy atom. The van der Waals surface area contributed by atoms with Crippen molar-refractivity contribution in [3.8, 4) is 5.75 Å². The molecular weight excluding hydrogens is 279 g/mol. The molecule has 7 heteroatoms. The molecule has 108 valence electrons. The van der Waals surface area contributed by atoms with Gasteiger partial charge in [0.1, 0.15) is 11.5 Å². The maximum absolute atomic E-state index is 14.0. The number of carbonyl (C=O) groups excluding carboxylic acids is 1. The average molecular weight is 290 g/mol. The lowest BCUT2D eigenvalue weighted by molar-refractivity contribution is 0.0959. The summed E-state index contributed by atoms with van der Waals surface area (Å²) < 4.78 is 18.8. The molecule has 1 aliphatic heterocycles. The van der Waals surface area contributed by atoms with E-state index in [1.54, 1.807) is 6.92 Å². The molecule has 6 nitrogen and oxygen atoms in total. The van der Waals surface area contributed by atoms with Crippen molar-refractivity contribution < 1.29 is 13.9 Å². The minimum Gasteiger partial charge on any atom is -0.491 e. The van der Waals surface area contributed by atoms with E-state index < -0.39 is 22.6 Å². The van der Waals surface area contributed by atoms with Crippen LogP contribution in [-0.2, 0) is 0 Å². The fraction of sp³-hybridized carbons (Fsp3) is 0.214. The smallest absolute Gasteiger partial charge is 0.272 e. The molecule has 0 bridgehead atoms. The standard InChI is InChI=1S/C14H11FN2O4/c1-5-6-3-4-7(15)9(8(6)14(20)16-5)17-10-11(18)12(19)13(10)21-2/h3-5,17H,1-2H3,(H,16,20)/t5-/m1/s1. The molecule has 2 aromatic carbocycles. The summed E-state index contributed by atoms with van der Waals surface area (Å²) in [7, 11) is 1.24. The van der Waals surface area contributed by atoms with Gasteiger partial charge in [0.05, 0.1) is 24.4 Å². The number of carbonyl (C=O) groups is 1. The zero-order valence-electron chi connectivity index (χ0n) is 11.2. The Hall–Kier alpha value is -2.70. The topological polar surface area (TPSA) is 84.5 Å². The molecule has 0 saturated carbocycles. The van der Waals surface area contributed by atoms with Crippen LogP contribution >= 0.6 is 0 Å². The summed E-state index contributed by atoms with van der Waals surface area (Å²) in [4.78, 5) is 34.7. The van der Waals surface area contributed by atoms with Gasteiger partial charge in [-0.1, -0.05) is 6.07 Å². The molecule has 2 N–H and O–H groups in total. The van der Waals surface area contributed by atoms with Gasteiger partial charge in [0.15, 0.2) is 5.75 Å². The number of amides is 1. The Labute approximate surface area is 118 Å². The molecule has 0 radical (unpaired) electrons. The van der Waals surface area contributed by atoms with Crippen molar-refractivity contribution in [2.45, 2.75) is 13.0 Å². The Morgan fingerprint density at radius 2 is 1.90 bits per heavy atom. The molecule has 1 atom stereocenters. The summed E-state index contributed by atoms with van der Waals surface area (Å²) in [6, 6.07) is 2.47. The quantitative estimate of drug-likeness (QED) is 0.823. The summed E-state index contributed by atoms with van der Waals surface area (Å²) in [5.74, 6) is -1.28. The summed E-state index contributed by atoms with van der Waals surface area (Å²) in [6.45, 7) is 1.77. The second kappa shape index (κ2) is 4.41. The van der Waals surface area contributed by atoms with Gasteiger partial charge < -0.3 is 15.4 Å². The first-order valence-corrected chi connectivity index (χ1v) is 6.23. The van der Waals surface area contributed by atoms with Crippen LogP contribution in [0.25, 0.3) is 0 Å². The van der Waals surface area contributed by atoms with Crippen molar-refractivity contribution in [1.82, 2.24) is 5.32 Å². The summed E-state index contributed by atoms with van der Waals surface area (Å²) >= 11 is 0. The van der Waals surface area contributed by atoms with E-state index >= 15 is 0 Å². The van der Waals surface area contributed by atoms with Crippen molar-refractivity contribution in [3.63, 3.8) is 0 Å². The second-order valence-electron chi connectivity index (χ2n) is 4.77. The van der Waals surface area contributed by atoms with Crippen LogP contribution in [0.2, 0.25) is 0 Å². The Morgan fingerprint density at radius 3 is 2.57 bits per heavy atom. The monoisotopic (exact) mass is 290 g/mol. The lowest BCUT2D eigenvalue weighted by Gasteiger charge is -2.14. The molecule has 1 amide bonds. The zero-order valence-corrected chi connectivity index (χ0v) is 11.2. The van der Waals surface area contributed by atoms with Crippen molar-refractivity contribution in [1.29, 1.82) is 0 Å². The number of methoxy groups -OCH3 is 1. The van der Waals surface area contributed by atoms with E-state index in [4.69, 9.17) is 4.74 Å². The predicted octanol–water partition coefficient (Wildman–Crippen LogP) is 0.978. The second-order valence-corrected chi connectivity index (χ2v) is 4.77. The first kappa shape index (κ1) is 13.3. The van der Waals surface area contributed by atoms with E-state index in [-0.39, 0.29) is 28.7 Å². The highest BCUT2D eigenvalue weighted by molar-refractivity contribution is 6.05. The van der Waals surface area contributed by atoms with Crippen LogP contribution in [-0.4, -0.2) is 13.0 Å². The third-order valence-corrected chi connectivity index (χ3v) is 3.55. The van der Waals surface area contributed by atoms with E-state index in [0.29, 0.717) is 5.56 Å². The van der Waals surface area contributed by atoms with Gasteiger partial charge in [-0.15, -0.1) is 0 Å². The number of halogens is 1. The third-order valence-electron chi connectivity index (χ3n) is 3.55. The lowest BCUT2D eigenvalue weighted by atomic mass is 10.0. The molecule has 1 heterocycles. The number of hydrogen-bond donors (Lipinski definition) is 2. The molecule has 3 rings (SSSR count). The highest BCUT2D eigenvalue weighted by atomic mass is 19.1. The molecule has 1 aliphatic rings. The highest BCUT2D eigenvalue weighted by Gasteiger charge is 2.32. The molecule has 0 spiro atoms. The summed E-state index contributed by atoms with van der Waals surface area (Å²) in [5, 5.41) is 5.19. The molecule has 2 aromatic rings. The molecule has 0 aromatic heterocycles. The maximum Gasteiger partial charge on any atom is 0.272 e. The van der Waals surface area contributed by atoms with Crippen molar-refractivity contribution in [3.05, 3.63) is 49.5 Å². The summed E-state index contributed by atoms with van der Waals surface area (Å²) in [6.07, 6.45) is 0. The van der Waals surface area contributed by atoms with Crippen LogP contribution < -0.4 is 26.2 Å². The van der Waals surface area contributed by atoms with E-state index in [1.807, 2.05) is 0 Å². The van der Waals surface area contributed by atoms with Gasteiger partial charge in [0, 0.05) is 0 Å². The number of fused-ring (bicyclic) bond motifs is 1. The molecular formula is C14H11FN2O4. The van der Waals surface area contributed by atoms with E-state index in [0.717, 1.165) is 0 Å². The van der Waals surface area contributed by atoms with Gasteiger partial charge >= 0.3 is 0 Å². The van der Waals surface area contributed by atoms with Crippen molar-refractivity contribution in [2.75, 3.05) is 12.4 Å². The van der Waals surface area contributed by atoms with Crippen LogP contribution in [0.5, 0.6) is 5.75 Å². The van der Waals surface area contributed by atoms with Gasteiger partial charge in [-0.05, 0) is 18.6 Å². The van der Waals surface area contributed by atoms with Crippen LogP contribution in [0.3, 0.4) is 0 Å². The van der Waals surface area contributed by atoms with Crippen LogP contribution in [0.4, 0.5) is 15.8 Å². The Kier molecular flexibility index (Phi) is 2.79. The Bertz CT molecular complexity index is 836. The Balaban J connectivity index is 2.13. The van der Waals surface area contributed by atoms with E-state index in [9.17, 15) is 18.8 Å². The van der Waals surface area contributed by atoms with Gasteiger partial charge in [-0.2, -0.15) is 0 Å². The number of anilines is 2. The van der Waals surface area contributed by atoms with E-state index in [1.165, 1.54) is 19.2 Å². The van der Waals surface area contributed by atoms with Gasteiger partial charge in [0.2, 0.25) is 0 Å². The van der Waals surface area contributed by atoms with Crippen molar-refractivity contribution in [2.24, 2.45) is 0 Å². The molecule has 0 unspecified atom stereocenters. The fourth-order valence-corrected chi connectivity index (χ4v) is 2.47. The fourth-order valence-electron chi connectivity index (χ4n) is 2.47. The van der Waals surface area contributed by atoms with Crippen LogP contribution in [0, 0.1) is 5.82 Å². The van der Waals surface area contributed by atoms with Gasteiger partial charge in [-0.25, -0.2) is 4.39 Å². The summed E-state index contributed by atoms with van der Waals surface area (Å²) in [5.41, 5.74) is -1.07. The number of nitrogens with one attached hydrogen (secondary N) is 2. The molecule has 0 aliphatic carbocycles. The third kappa shape index (κ3) is 1.74. The number of rotatable bonds is 3. The average Bonchev–Trinajstić information content (AvgIpc) is 2.75. The molecule has 21 heavy (non-hydrogen) atoms. The first-order chi connectivity index (χ1) is 9.95. The van der Waals surface area contributed by atoms with Crippen LogP contribution in [0.1, 0.15) is 28.9 Å². The van der Waals surface area contributed by atoms with Gasteiger partial charge in [-0.3, -0.25) is 14.4 Å². The minimum absolute atomic E-state index is 0.125. The normalized spacial score (nSPS) is 16.7. The van der Waals surface area contributed by atoms with Crippen molar-refractivity contribution >= 4 is 17.3 Å². The van der Waals surface area contributed by atoms with E-state index in [2.05, 4.69) is 10.6 Å². The highest BCUT2D eigenvalue weighted by Crippen LogP contribution is 2.35. The number of ether oxygens (including phenoxy) is 1. The van der Waals surface area contributed by atoms with Gasteiger partial charge in [0.25, 0.3) is 16.8 Å². The molecule has 0 saturated heterocycles. The number of benzene rings is 1. The SMILES string of the molecule is COc1c(Nc2c(F)ccc3c2C(=O)N[C@@H]3C)c(=O)c1=O. The maximum atomic E-state index is 14.0. The molecule has 0 fully saturated rings. The predicted molar refractivity (Wildman–Crippen MR) is 73.5 cm³/mol. The number of hydrogen-bond acceptors (Lipinski definition) is 5. The van der Waals surface area contributed by atoms with Crippen LogP contribution in [0.15, 0.2) is 21.7 Å². The zero-order chi connectivity index (χ0) is 15.3. The largest absolute Gasteiger partial charge is 0.491 e.